The van der Waals surface area contributed by atoms with Gasteiger partial charge in [-0.05, 0) is 32.7 Å². The second-order valence-corrected chi connectivity index (χ2v) is 5.92. The van der Waals surface area contributed by atoms with Gasteiger partial charge in [-0.1, -0.05) is 22.9 Å². The highest BCUT2D eigenvalue weighted by Crippen LogP contribution is 2.03. The second-order valence-electron chi connectivity index (χ2n) is 5.36. The quantitative estimate of drug-likeness (QED) is 0.205. The van der Waals surface area contributed by atoms with E-state index in [2.05, 4.69) is 37.2 Å². The van der Waals surface area contributed by atoms with Gasteiger partial charge in [-0.15, -0.1) is 0 Å². The lowest BCUT2D eigenvalue weighted by Crippen LogP contribution is -2.53. The Morgan fingerprint density at radius 1 is 1.17 bits per heavy atom. The van der Waals surface area contributed by atoms with Crippen LogP contribution >= 0.6 is 15.9 Å². The summed E-state index contributed by atoms with van der Waals surface area (Å²) in [6, 6.07) is -0.293. The summed E-state index contributed by atoms with van der Waals surface area (Å²) in [5.74, 6) is -0.0948. The zero-order valence-corrected chi connectivity index (χ0v) is 15.8. The summed E-state index contributed by atoms with van der Waals surface area (Å²) in [6.07, 6.45) is 2.75. The number of unbranched alkanes of at least 4 members (excludes halogenated alkanes) is 1. The molecule has 0 heterocycles. The number of rotatable bonds is 13. The van der Waals surface area contributed by atoms with Crippen molar-refractivity contribution >= 4 is 33.5 Å². The average Bonchev–Trinajstić information content (AvgIpc) is 2.51. The predicted molar refractivity (Wildman–Crippen MR) is 94.4 cm³/mol. The van der Waals surface area contributed by atoms with Gasteiger partial charge >= 0.3 is 0 Å². The van der Waals surface area contributed by atoms with E-state index in [4.69, 9.17) is 0 Å². The summed E-state index contributed by atoms with van der Waals surface area (Å²) in [7, 11) is 1.73. The molecule has 0 aromatic heterocycles. The predicted octanol–water partition coefficient (Wildman–Crippen LogP) is 0.287. The van der Waals surface area contributed by atoms with Crippen LogP contribution in [0.15, 0.2) is 0 Å². The first-order valence-electron chi connectivity index (χ1n) is 7.97. The number of hydrogen-bond donors (Lipinski definition) is 4. The smallest absolute Gasteiger partial charge is 0.231 e. The third kappa shape index (κ3) is 11.2. The topological polar surface area (TPSA) is 99.3 Å². The van der Waals surface area contributed by atoms with Crippen molar-refractivity contribution in [2.45, 2.75) is 51.7 Å². The molecule has 0 radical (unpaired) electrons. The number of nitrogens with one attached hydrogen (secondary N) is 4. The van der Waals surface area contributed by atoms with E-state index in [1.165, 1.54) is 6.92 Å². The maximum atomic E-state index is 12.0. The molecule has 0 aromatic carbocycles. The standard InChI is InChI=1S/C15H29BrN4O3/c1-4-12(13(22)10-17-3)19-14(20-15(23)9-16)7-5-6-8-18-11(2)21/h12,14,17,19H,4-10H2,1-3H3,(H,18,21)(H,20,23)/t12-,14?/m0/s1. The highest BCUT2D eigenvalue weighted by molar-refractivity contribution is 9.09. The van der Waals surface area contributed by atoms with Gasteiger partial charge in [-0.25, -0.2) is 0 Å². The van der Waals surface area contributed by atoms with Crippen LogP contribution < -0.4 is 21.3 Å². The lowest BCUT2D eigenvalue weighted by molar-refractivity contribution is -0.122. The number of hydrogen-bond acceptors (Lipinski definition) is 5. The van der Waals surface area contributed by atoms with Crippen molar-refractivity contribution in [3.05, 3.63) is 0 Å². The molecule has 4 N–H and O–H groups in total. The highest BCUT2D eigenvalue weighted by Gasteiger charge is 2.20. The molecule has 0 saturated carbocycles. The number of amides is 2. The minimum atomic E-state index is -0.293. The molecule has 1 unspecified atom stereocenters. The van der Waals surface area contributed by atoms with Crippen LogP contribution in [0.1, 0.15) is 39.5 Å². The first kappa shape index (κ1) is 22.0. The van der Waals surface area contributed by atoms with Crippen molar-refractivity contribution in [3.8, 4) is 0 Å². The van der Waals surface area contributed by atoms with Crippen LogP contribution in [-0.2, 0) is 14.4 Å². The van der Waals surface area contributed by atoms with E-state index in [1.54, 1.807) is 7.05 Å². The number of carbonyl (C=O) groups is 3. The van der Waals surface area contributed by atoms with E-state index in [-0.39, 0.29) is 35.1 Å². The van der Waals surface area contributed by atoms with Crippen molar-refractivity contribution in [2.24, 2.45) is 0 Å². The fourth-order valence-electron chi connectivity index (χ4n) is 2.15. The fraction of sp³-hybridized carbons (Fsp3) is 0.800. The monoisotopic (exact) mass is 392 g/mol. The van der Waals surface area contributed by atoms with Crippen LogP contribution in [0.5, 0.6) is 0 Å². The number of likely N-dealkylation sites (N-methyl/N-ethyl adjacent to an activating group) is 1. The minimum Gasteiger partial charge on any atom is -0.356 e. The Labute approximate surface area is 146 Å². The van der Waals surface area contributed by atoms with Gasteiger partial charge in [0.25, 0.3) is 0 Å². The lowest BCUT2D eigenvalue weighted by Gasteiger charge is -2.25. The molecule has 0 aliphatic carbocycles. The molecule has 8 heteroatoms. The van der Waals surface area contributed by atoms with Crippen molar-refractivity contribution in [2.75, 3.05) is 25.5 Å². The summed E-state index contributed by atoms with van der Waals surface area (Å²) in [5.41, 5.74) is 0. The molecule has 0 aliphatic heterocycles. The Morgan fingerprint density at radius 3 is 2.39 bits per heavy atom. The van der Waals surface area contributed by atoms with E-state index in [1.807, 2.05) is 6.92 Å². The number of carbonyl (C=O) groups excluding carboxylic acids is 3. The van der Waals surface area contributed by atoms with Gasteiger partial charge in [-0.2, -0.15) is 0 Å². The summed E-state index contributed by atoms with van der Waals surface area (Å²) in [4.78, 5) is 34.5. The minimum absolute atomic E-state index is 0.0454. The second kappa shape index (κ2) is 13.4. The first-order chi connectivity index (χ1) is 10.9. The van der Waals surface area contributed by atoms with E-state index >= 15 is 0 Å². The lowest BCUT2D eigenvalue weighted by atomic mass is 10.1. The molecule has 0 bridgehead atoms. The van der Waals surface area contributed by atoms with Crippen LogP contribution in [0.2, 0.25) is 0 Å². The molecule has 2 atom stereocenters. The van der Waals surface area contributed by atoms with Crippen molar-refractivity contribution in [3.63, 3.8) is 0 Å². The third-order valence-electron chi connectivity index (χ3n) is 3.30. The Hall–Kier alpha value is -0.990. The molecule has 134 valence electrons. The van der Waals surface area contributed by atoms with Crippen molar-refractivity contribution in [1.29, 1.82) is 0 Å². The van der Waals surface area contributed by atoms with Gasteiger partial charge in [0.2, 0.25) is 11.8 Å². The Bertz CT molecular complexity index is 380. The SMILES string of the molecule is CC[C@H](NC(CCCCNC(C)=O)NC(=O)CBr)C(=O)CNC. The van der Waals surface area contributed by atoms with Gasteiger partial charge < -0.3 is 16.0 Å². The zero-order chi connectivity index (χ0) is 17.7. The third-order valence-corrected chi connectivity index (χ3v) is 3.81. The number of ketones is 1. The van der Waals surface area contributed by atoms with Crippen LogP contribution in [-0.4, -0.2) is 55.3 Å². The molecule has 0 rings (SSSR count). The van der Waals surface area contributed by atoms with Crippen molar-refractivity contribution < 1.29 is 14.4 Å². The maximum Gasteiger partial charge on any atom is 0.231 e. The number of halogens is 1. The van der Waals surface area contributed by atoms with Crippen LogP contribution in [0.3, 0.4) is 0 Å². The molecule has 23 heavy (non-hydrogen) atoms. The fourth-order valence-corrected chi connectivity index (χ4v) is 2.31. The van der Waals surface area contributed by atoms with Gasteiger partial charge in [0.1, 0.15) is 0 Å². The van der Waals surface area contributed by atoms with E-state index in [0.29, 0.717) is 25.9 Å². The largest absolute Gasteiger partial charge is 0.356 e. The Morgan fingerprint density at radius 2 is 1.87 bits per heavy atom. The number of Topliss-reactive ketones (excluding diaryl/α,β-unsaturated/α-hetero) is 1. The normalized spacial score (nSPS) is 13.2. The van der Waals surface area contributed by atoms with Gasteiger partial charge in [0, 0.05) is 13.5 Å². The van der Waals surface area contributed by atoms with Crippen LogP contribution in [0, 0.1) is 0 Å². The Balaban J connectivity index is 4.44. The van der Waals surface area contributed by atoms with Crippen LogP contribution in [0.25, 0.3) is 0 Å². The van der Waals surface area contributed by atoms with E-state index in [0.717, 1.165) is 12.8 Å². The number of alkyl halides is 1. The maximum absolute atomic E-state index is 12.0. The molecule has 0 saturated heterocycles. The van der Waals surface area contributed by atoms with Gasteiger partial charge in [0.05, 0.1) is 24.1 Å². The summed E-state index contributed by atoms with van der Waals surface area (Å²) >= 11 is 3.13. The highest BCUT2D eigenvalue weighted by atomic mass is 79.9. The molecule has 0 spiro atoms. The molecule has 7 nitrogen and oxygen atoms in total. The first-order valence-corrected chi connectivity index (χ1v) is 9.09. The molecular weight excluding hydrogens is 364 g/mol. The summed E-state index contributed by atoms with van der Waals surface area (Å²) < 4.78 is 0. The molecule has 0 aromatic rings. The van der Waals surface area contributed by atoms with Gasteiger partial charge in [0.15, 0.2) is 5.78 Å². The summed E-state index contributed by atoms with van der Waals surface area (Å²) in [6.45, 7) is 4.34. The summed E-state index contributed by atoms with van der Waals surface area (Å²) in [5, 5.41) is 11.9. The molecular formula is C15H29BrN4O3. The van der Waals surface area contributed by atoms with E-state index in [9.17, 15) is 14.4 Å². The molecule has 0 fully saturated rings. The van der Waals surface area contributed by atoms with E-state index < -0.39 is 0 Å². The zero-order valence-electron chi connectivity index (χ0n) is 14.2. The molecule has 0 aliphatic rings. The van der Waals surface area contributed by atoms with Crippen LogP contribution in [0.4, 0.5) is 0 Å². The van der Waals surface area contributed by atoms with Gasteiger partial charge in [-0.3, -0.25) is 19.7 Å². The average molecular weight is 393 g/mol. The Kier molecular flexibility index (Phi) is 12.9. The van der Waals surface area contributed by atoms with Crippen molar-refractivity contribution in [1.82, 2.24) is 21.3 Å². The molecule has 2 amide bonds.